The first-order valence-corrected chi connectivity index (χ1v) is 4.15. The number of hydrogen-bond donors (Lipinski definition) is 1. The molecule has 0 aromatic carbocycles. The third-order valence-electron chi connectivity index (χ3n) is 2.86. The van der Waals surface area contributed by atoms with Crippen molar-refractivity contribution in [3.05, 3.63) is 0 Å². The average Bonchev–Trinajstić information content (AvgIpc) is 2.61. The lowest BCUT2D eigenvalue weighted by Gasteiger charge is -2.23. The first-order chi connectivity index (χ1) is 5.02. The van der Waals surface area contributed by atoms with Gasteiger partial charge in [-0.25, -0.2) is 8.78 Å². The SMILES string of the molecule is CC1(C2CC2)CC(F)(F)CN1.Cl. The van der Waals surface area contributed by atoms with Crippen LogP contribution < -0.4 is 5.32 Å². The Hall–Kier alpha value is 0.110. The van der Waals surface area contributed by atoms with Gasteiger partial charge in [-0.2, -0.15) is 0 Å². The van der Waals surface area contributed by atoms with Crippen LogP contribution in [0.5, 0.6) is 0 Å². The van der Waals surface area contributed by atoms with Crippen LogP contribution in [0.3, 0.4) is 0 Å². The highest BCUT2D eigenvalue weighted by molar-refractivity contribution is 5.85. The molecular weight excluding hydrogens is 184 g/mol. The molecule has 1 atom stereocenters. The van der Waals surface area contributed by atoms with E-state index in [1.54, 1.807) is 0 Å². The van der Waals surface area contributed by atoms with Crippen LogP contribution in [0.1, 0.15) is 26.2 Å². The van der Waals surface area contributed by atoms with Gasteiger partial charge in [0.2, 0.25) is 0 Å². The van der Waals surface area contributed by atoms with E-state index in [9.17, 15) is 8.78 Å². The molecule has 72 valence electrons. The van der Waals surface area contributed by atoms with Crippen LogP contribution in [0.25, 0.3) is 0 Å². The van der Waals surface area contributed by atoms with Crippen LogP contribution in [0.2, 0.25) is 0 Å². The van der Waals surface area contributed by atoms with Gasteiger partial charge in [0, 0.05) is 12.0 Å². The van der Waals surface area contributed by atoms with E-state index in [1.165, 1.54) is 0 Å². The van der Waals surface area contributed by atoms with Crippen LogP contribution in [0.15, 0.2) is 0 Å². The molecule has 0 spiro atoms. The maximum absolute atomic E-state index is 12.8. The Kier molecular flexibility index (Phi) is 2.39. The molecule has 1 unspecified atom stereocenters. The predicted molar refractivity (Wildman–Crippen MR) is 45.9 cm³/mol. The second-order valence-electron chi connectivity index (χ2n) is 4.08. The quantitative estimate of drug-likeness (QED) is 0.680. The minimum Gasteiger partial charge on any atom is -0.305 e. The van der Waals surface area contributed by atoms with Gasteiger partial charge in [0.1, 0.15) is 0 Å². The summed E-state index contributed by atoms with van der Waals surface area (Å²) in [6.45, 7) is 1.80. The van der Waals surface area contributed by atoms with E-state index in [0.717, 1.165) is 12.8 Å². The molecule has 2 rings (SSSR count). The monoisotopic (exact) mass is 197 g/mol. The smallest absolute Gasteiger partial charge is 0.262 e. The minimum atomic E-state index is -2.46. The molecule has 1 saturated carbocycles. The molecule has 1 saturated heterocycles. The molecule has 1 nitrogen and oxygen atoms in total. The summed E-state index contributed by atoms with van der Waals surface area (Å²) in [6.07, 6.45) is 2.28. The van der Waals surface area contributed by atoms with E-state index >= 15 is 0 Å². The van der Waals surface area contributed by atoms with Crippen molar-refractivity contribution >= 4 is 12.4 Å². The minimum absolute atomic E-state index is 0. The highest BCUT2D eigenvalue weighted by Crippen LogP contribution is 2.47. The summed E-state index contributed by atoms with van der Waals surface area (Å²) in [5.74, 6) is -1.95. The molecule has 1 aliphatic carbocycles. The van der Waals surface area contributed by atoms with Gasteiger partial charge in [-0.15, -0.1) is 12.4 Å². The second-order valence-corrected chi connectivity index (χ2v) is 4.08. The van der Waals surface area contributed by atoms with Crippen molar-refractivity contribution in [1.29, 1.82) is 0 Å². The summed E-state index contributed by atoms with van der Waals surface area (Å²) in [4.78, 5) is 0. The maximum atomic E-state index is 12.8. The maximum Gasteiger partial charge on any atom is 0.262 e. The van der Waals surface area contributed by atoms with Gasteiger partial charge < -0.3 is 5.32 Å². The van der Waals surface area contributed by atoms with E-state index in [0.29, 0.717) is 5.92 Å². The number of alkyl halides is 2. The zero-order valence-electron chi connectivity index (χ0n) is 7.07. The van der Waals surface area contributed by atoms with Gasteiger partial charge in [-0.1, -0.05) is 0 Å². The fourth-order valence-corrected chi connectivity index (χ4v) is 2.00. The molecule has 2 aliphatic rings. The standard InChI is InChI=1S/C8H13F2N.ClH/c1-7(6-2-3-6)4-8(9,10)5-11-7;/h6,11H,2-5H2,1H3;1H. The van der Waals surface area contributed by atoms with Crippen molar-refractivity contribution in [2.75, 3.05) is 6.54 Å². The van der Waals surface area contributed by atoms with Crippen molar-refractivity contribution < 1.29 is 8.78 Å². The fourth-order valence-electron chi connectivity index (χ4n) is 2.00. The van der Waals surface area contributed by atoms with Crippen LogP contribution in [0, 0.1) is 5.92 Å². The van der Waals surface area contributed by atoms with Gasteiger partial charge in [-0.3, -0.25) is 0 Å². The van der Waals surface area contributed by atoms with Gasteiger partial charge >= 0.3 is 0 Å². The molecule has 1 N–H and O–H groups in total. The summed E-state index contributed by atoms with van der Waals surface area (Å²) < 4.78 is 25.5. The molecule has 0 aromatic heterocycles. The Morgan fingerprint density at radius 1 is 1.33 bits per heavy atom. The van der Waals surface area contributed by atoms with Crippen molar-refractivity contribution in [3.63, 3.8) is 0 Å². The fraction of sp³-hybridized carbons (Fsp3) is 1.00. The predicted octanol–water partition coefficient (Wildman–Crippen LogP) is 2.21. The van der Waals surface area contributed by atoms with E-state index in [4.69, 9.17) is 0 Å². The van der Waals surface area contributed by atoms with Gasteiger partial charge in [0.25, 0.3) is 5.92 Å². The zero-order chi connectivity index (χ0) is 8.11. The topological polar surface area (TPSA) is 12.0 Å². The Bertz CT molecular complexity index is 182. The molecule has 0 amide bonds. The van der Waals surface area contributed by atoms with E-state index in [-0.39, 0.29) is 30.9 Å². The molecule has 1 heterocycles. The Labute approximate surface area is 77.3 Å². The summed E-state index contributed by atoms with van der Waals surface area (Å²) in [5, 5.41) is 2.94. The number of hydrogen-bond acceptors (Lipinski definition) is 1. The van der Waals surface area contributed by atoms with Crippen molar-refractivity contribution in [3.8, 4) is 0 Å². The van der Waals surface area contributed by atoms with E-state index < -0.39 is 5.92 Å². The molecule has 2 fully saturated rings. The highest BCUT2D eigenvalue weighted by Gasteiger charge is 2.53. The molecule has 4 heteroatoms. The Balaban J connectivity index is 0.000000720. The molecule has 0 bridgehead atoms. The summed E-state index contributed by atoms with van der Waals surface area (Å²) in [6, 6.07) is 0. The average molecular weight is 198 g/mol. The van der Waals surface area contributed by atoms with Crippen LogP contribution >= 0.6 is 12.4 Å². The van der Waals surface area contributed by atoms with Crippen molar-refractivity contribution in [2.24, 2.45) is 5.92 Å². The lowest BCUT2D eigenvalue weighted by Crippen LogP contribution is -2.38. The van der Waals surface area contributed by atoms with Crippen LogP contribution in [-0.4, -0.2) is 18.0 Å². The normalized spacial score (nSPS) is 39.2. The van der Waals surface area contributed by atoms with Crippen molar-refractivity contribution in [1.82, 2.24) is 5.32 Å². The van der Waals surface area contributed by atoms with Crippen molar-refractivity contribution in [2.45, 2.75) is 37.6 Å². The van der Waals surface area contributed by atoms with Crippen LogP contribution in [-0.2, 0) is 0 Å². The third-order valence-corrected chi connectivity index (χ3v) is 2.86. The molecular formula is C8H14ClF2N. The first-order valence-electron chi connectivity index (χ1n) is 4.15. The van der Waals surface area contributed by atoms with Crippen LogP contribution in [0.4, 0.5) is 8.78 Å². The molecule has 0 aromatic rings. The molecule has 0 radical (unpaired) electrons. The lowest BCUT2D eigenvalue weighted by atomic mass is 9.93. The zero-order valence-corrected chi connectivity index (χ0v) is 7.89. The highest BCUT2D eigenvalue weighted by atomic mass is 35.5. The largest absolute Gasteiger partial charge is 0.305 e. The third kappa shape index (κ3) is 1.72. The van der Waals surface area contributed by atoms with Gasteiger partial charge in [0.15, 0.2) is 0 Å². The molecule has 1 aliphatic heterocycles. The lowest BCUT2D eigenvalue weighted by molar-refractivity contribution is 0.0154. The summed E-state index contributed by atoms with van der Waals surface area (Å²) in [5.41, 5.74) is -0.260. The molecule has 12 heavy (non-hydrogen) atoms. The van der Waals surface area contributed by atoms with Gasteiger partial charge in [0.05, 0.1) is 6.54 Å². The number of nitrogens with one attached hydrogen (secondary N) is 1. The Morgan fingerprint density at radius 2 is 1.92 bits per heavy atom. The summed E-state index contributed by atoms with van der Waals surface area (Å²) >= 11 is 0. The number of rotatable bonds is 1. The number of halogens is 3. The first kappa shape index (κ1) is 10.2. The Morgan fingerprint density at radius 3 is 2.25 bits per heavy atom. The second kappa shape index (κ2) is 2.81. The van der Waals surface area contributed by atoms with E-state index in [2.05, 4.69) is 5.32 Å². The van der Waals surface area contributed by atoms with Gasteiger partial charge in [-0.05, 0) is 25.7 Å². The summed E-state index contributed by atoms with van der Waals surface area (Å²) in [7, 11) is 0. The van der Waals surface area contributed by atoms with E-state index in [1.807, 2.05) is 6.92 Å².